The lowest BCUT2D eigenvalue weighted by molar-refractivity contribution is -0.130. The van der Waals surface area contributed by atoms with E-state index in [1.165, 1.54) is 0 Å². The molecule has 0 saturated carbocycles. The van der Waals surface area contributed by atoms with Crippen LogP contribution in [0.25, 0.3) is 0 Å². The molecule has 4 nitrogen and oxygen atoms in total. The number of benzene rings is 2. The lowest BCUT2D eigenvalue weighted by Crippen LogP contribution is -2.31. The molecule has 0 bridgehead atoms. The predicted molar refractivity (Wildman–Crippen MR) is 103 cm³/mol. The molecule has 134 valence electrons. The van der Waals surface area contributed by atoms with Gasteiger partial charge in [-0.3, -0.25) is 4.79 Å². The van der Waals surface area contributed by atoms with Crippen LogP contribution in [-0.2, 0) is 17.8 Å². The van der Waals surface area contributed by atoms with Gasteiger partial charge in [-0.15, -0.1) is 0 Å². The SMILES string of the molecule is CCOc1ccc(CC(=O)N(CC)Cc2ccc(N(C)C)cc2)cc1. The predicted octanol–water partition coefficient (Wildman–Crippen LogP) is 3.74. The average molecular weight is 340 g/mol. The van der Waals surface area contributed by atoms with Crippen molar-refractivity contribution in [2.75, 3.05) is 32.1 Å². The number of nitrogens with zero attached hydrogens (tertiary/aromatic N) is 2. The molecule has 2 aromatic carbocycles. The average Bonchev–Trinajstić information content (AvgIpc) is 2.62. The van der Waals surface area contributed by atoms with Crippen molar-refractivity contribution < 1.29 is 9.53 Å². The quantitative estimate of drug-likeness (QED) is 0.734. The molecule has 0 radical (unpaired) electrons. The van der Waals surface area contributed by atoms with Crippen molar-refractivity contribution in [3.8, 4) is 5.75 Å². The normalized spacial score (nSPS) is 10.4. The fourth-order valence-corrected chi connectivity index (χ4v) is 2.65. The largest absolute Gasteiger partial charge is 0.494 e. The fourth-order valence-electron chi connectivity index (χ4n) is 2.65. The molecule has 2 rings (SSSR count). The van der Waals surface area contributed by atoms with Crippen molar-refractivity contribution in [3.63, 3.8) is 0 Å². The smallest absolute Gasteiger partial charge is 0.227 e. The molecule has 0 atom stereocenters. The van der Waals surface area contributed by atoms with Gasteiger partial charge in [0.25, 0.3) is 0 Å². The van der Waals surface area contributed by atoms with Crippen molar-refractivity contribution in [3.05, 3.63) is 59.7 Å². The van der Waals surface area contributed by atoms with E-state index in [0.717, 1.165) is 22.6 Å². The highest BCUT2D eigenvalue weighted by molar-refractivity contribution is 5.78. The summed E-state index contributed by atoms with van der Waals surface area (Å²) in [5, 5.41) is 0. The highest BCUT2D eigenvalue weighted by Gasteiger charge is 2.13. The van der Waals surface area contributed by atoms with Crippen LogP contribution in [0.2, 0.25) is 0 Å². The van der Waals surface area contributed by atoms with Crippen LogP contribution in [0.5, 0.6) is 5.75 Å². The molecule has 0 unspecified atom stereocenters. The van der Waals surface area contributed by atoms with Crippen molar-refractivity contribution in [2.45, 2.75) is 26.8 Å². The van der Waals surface area contributed by atoms with Crippen LogP contribution in [0.3, 0.4) is 0 Å². The van der Waals surface area contributed by atoms with E-state index in [9.17, 15) is 4.79 Å². The van der Waals surface area contributed by atoms with Crippen LogP contribution in [0.1, 0.15) is 25.0 Å². The summed E-state index contributed by atoms with van der Waals surface area (Å²) in [4.78, 5) is 16.6. The zero-order chi connectivity index (χ0) is 18.2. The third kappa shape index (κ3) is 5.52. The maximum atomic E-state index is 12.6. The molecule has 0 aliphatic heterocycles. The Kier molecular flexibility index (Phi) is 6.87. The van der Waals surface area contributed by atoms with Crippen molar-refractivity contribution >= 4 is 11.6 Å². The van der Waals surface area contributed by atoms with Gasteiger partial charge in [0.2, 0.25) is 5.91 Å². The molecule has 0 fully saturated rings. The Labute approximate surface area is 151 Å². The first-order chi connectivity index (χ1) is 12.0. The minimum Gasteiger partial charge on any atom is -0.494 e. The van der Waals surface area contributed by atoms with E-state index in [1.54, 1.807) is 0 Å². The molecule has 0 saturated heterocycles. The minimum atomic E-state index is 0.142. The summed E-state index contributed by atoms with van der Waals surface area (Å²) < 4.78 is 5.44. The first kappa shape index (κ1) is 18.8. The van der Waals surface area contributed by atoms with Gasteiger partial charge in [-0.25, -0.2) is 0 Å². The number of amides is 1. The number of ether oxygens (including phenoxy) is 1. The molecule has 0 spiro atoms. The molecule has 0 aromatic heterocycles. The van der Waals surface area contributed by atoms with Crippen molar-refractivity contribution in [1.29, 1.82) is 0 Å². The topological polar surface area (TPSA) is 32.8 Å². The third-order valence-corrected chi connectivity index (χ3v) is 4.15. The highest BCUT2D eigenvalue weighted by Crippen LogP contribution is 2.16. The van der Waals surface area contributed by atoms with Crippen LogP contribution in [-0.4, -0.2) is 38.1 Å². The molecule has 2 aromatic rings. The monoisotopic (exact) mass is 340 g/mol. The van der Waals surface area contributed by atoms with Gasteiger partial charge in [0.15, 0.2) is 0 Å². The number of anilines is 1. The summed E-state index contributed by atoms with van der Waals surface area (Å²) in [7, 11) is 4.04. The van der Waals surface area contributed by atoms with Crippen molar-refractivity contribution in [1.82, 2.24) is 4.90 Å². The maximum absolute atomic E-state index is 12.6. The number of carbonyl (C=O) groups excluding carboxylic acids is 1. The second-order valence-corrected chi connectivity index (χ2v) is 6.22. The number of hydrogen-bond acceptors (Lipinski definition) is 3. The Hall–Kier alpha value is -2.49. The Morgan fingerprint density at radius 1 is 0.920 bits per heavy atom. The van der Waals surface area contributed by atoms with Gasteiger partial charge in [-0.2, -0.15) is 0 Å². The molecule has 0 N–H and O–H groups in total. The molecular weight excluding hydrogens is 312 g/mol. The molecule has 25 heavy (non-hydrogen) atoms. The van der Waals surface area contributed by atoms with Crippen LogP contribution in [0, 0.1) is 0 Å². The van der Waals surface area contributed by atoms with Gasteiger partial charge in [-0.05, 0) is 49.2 Å². The Bertz CT molecular complexity index is 663. The van der Waals surface area contributed by atoms with Crippen molar-refractivity contribution in [2.24, 2.45) is 0 Å². The van der Waals surface area contributed by atoms with Gasteiger partial charge >= 0.3 is 0 Å². The standard InChI is InChI=1S/C21H28N2O2/c1-5-23(16-18-7-11-19(12-8-18)22(3)4)21(24)15-17-9-13-20(14-10-17)25-6-2/h7-14H,5-6,15-16H2,1-4H3. The first-order valence-electron chi connectivity index (χ1n) is 8.79. The summed E-state index contributed by atoms with van der Waals surface area (Å²) in [6, 6.07) is 16.1. The molecule has 0 aliphatic carbocycles. The Morgan fingerprint density at radius 2 is 1.52 bits per heavy atom. The second-order valence-electron chi connectivity index (χ2n) is 6.22. The zero-order valence-corrected chi connectivity index (χ0v) is 15.7. The molecule has 4 heteroatoms. The molecule has 1 amide bonds. The van der Waals surface area contributed by atoms with E-state index in [2.05, 4.69) is 29.2 Å². The number of carbonyl (C=O) groups is 1. The second kappa shape index (κ2) is 9.11. The Balaban J connectivity index is 1.97. The van der Waals surface area contributed by atoms with Gasteiger partial charge in [0.1, 0.15) is 5.75 Å². The number of rotatable bonds is 8. The van der Waals surface area contributed by atoms with Gasteiger partial charge in [0.05, 0.1) is 13.0 Å². The zero-order valence-electron chi connectivity index (χ0n) is 15.7. The number of likely N-dealkylation sites (N-methyl/N-ethyl adjacent to an activating group) is 1. The summed E-state index contributed by atoms with van der Waals surface area (Å²) in [6.07, 6.45) is 0.413. The van der Waals surface area contributed by atoms with E-state index < -0.39 is 0 Å². The fraction of sp³-hybridized carbons (Fsp3) is 0.381. The van der Waals surface area contributed by atoms with E-state index in [1.807, 2.05) is 57.1 Å². The summed E-state index contributed by atoms with van der Waals surface area (Å²) in [5.41, 5.74) is 3.31. The lowest BCUT2D eigenvalue weighted by Gasteiger charge is -2.22. The summed E-state index contributed by atoms with van der Waals surface area (Å²) in [6.45, 7) is 5.96. The van der Waals surface area contributed by atoms with E-state index in [0.29, 0.717) is 26.1 Å². The van der Waals surface area contributed by atoms with Crippen LogP contribution in [0.15, 0.2) is 48.5 Å². The number of hydrogen-bond donors (Lipinski definition) is 0. The Morgan fingerprint density at radius 3 is 2.04 bits per heavy atom. The maximum Gasteiger partial charge on any atom is 0.227 e. The third-order valence-electron chi connectivity index (χ3n) is 4.15. The van der Waals surface area contributed by atoms with Crippen LogP contribution < -0.4 is 9.64 Å². The van der Waals surface area contributed by atoms with E-state index >= 15 is 0 Å². The molecule has 0 heterocycles. The van der Waals surface area contributed by atoms with Gasteiger partial charge in [0, 0.05) is 32.9 Å². The summed E-state index contributed by atoms with van der Waals surface area (Å²) >= 11 is 0. The van der Waals surface area contributed by atoms with E-state index in [4.69, 9.17) is 4.74 Å². The van der Waals surface area contributed by atoms with Crippen LogP contribution in [0.4, 0.5) is 5.69 Å². The van der Waals surface area contributed by atoms with Gasteiger partial charge < -0.3 is 14.5 Å². The van der Waals surface area contributed by atoms with Crippen LogP contribution >= 0.6 is 0 Å². The van der Waals surface area contributed by atoms with Gasteiger partial charge in [-0.1, -0.05) is 24.3 Å². The van der Waals surface area contributed by atoms with E-state index in [-0.39, 0.29) is 5.91 Å². The minimum absolute atomic E-state index is 0.142. The molecular formula is C21H28N2O2. The first-order valence-corrected chi connectivity index (χ1v) is 8.79. The highest BCUT2D eigenvalue weighted by atomic mass is 16.5. The summed E-state index contributed by atoms with van der Waals surface area (Å²) in [5.74, 6) is 0.982. The lowest BCUT2D eigenvalue weighted by atomic mass is 10.1. The molecule has 0 aliphatic rings.